The number of rotatable bonds is 4. The molecular weight excluding hydrogens is 302 g/mol. The first kappa shape index (κ1) is 15.3. The van der Waals surface area contributed by atoms with Gasteiger partial charge in [-0.1, -0.05) is 0 Å². The predicted molar refractivity (Wildman–Crippen MR) is 78.7 cm³/mol. The van der Waals surface area contributed by atoms with Crippen LogP contribution in [0.5, 0.6) is 11.5 Å². The molecular formula is C15H17N3O5. The van der Waals surface area contributed by atoms with Gasteiger partial charge in [-0.25, -0.2) is 0 Å². The highest BCUT2D eigenvalue weighted by molar-refractivity contribution is 5.70. The number of nitrogens with zero attached hydrogens (tertiary/aromatic N) is 3. The highest BCUT2D eigenvalue weighted by Crippen LogP contribution is 2.31. The van der Waals surface area contributed by atoms with Crippen LogP contribution >= 0.6 is 0 Å². The average molecular weight is 319 g/mol. The van der Waals surface area contributed by atoms with Crippen molar-refractivity contribution >= 4 is 5.97 Å². The lowest BCUT2D eigenvalue weighted by Crippen LogP contribution is -2.38. The number of hydrogen-bond acceptors (Lipinski definition) is 7. The molecule has 1 aliphatic heterocycles. The van der Waals surface area contributed by atoms with Crippen molar-refractivity contribution in [1.29, 1.82) is 0 Å². The Morgan fingerprint density at radius 3 is 2.91 bits per heavy atom. The molecule has 0 saturated carbocycles. The third kappa shape index (κ3) is 3.42. The van der Waals surface area contributed by atoms with Gasteiger partial charge in [-0.2, -0.15) is 0 Å². The largest absolute Gasteiger partial charge is 0.508 e. The molecule has 0 aliphatic carbocycles. The zero-order valence-electron chi connectivity index (χ0n) is 12.3. The van der Waals surface area contributed by atoms with Crippen molar-refractivity contribution in [2.45, 2.75) is 19.4 Å². The number of carbonyl (C=O) groups is 1. The summed E-state index contributed by atoms with van der Waals surface area (Å²) < 4.78 is 5.54. The fourth-order valence-electron chi connectivity index (χ4n) is 2.72. The predicted octanol–water partition coefficient (Wildman–Crippen LogP) is 1.44. The minimum atomic E-state index is -0.782. The summed E-state index contributed by atoms with van der Waals surface area (Å²) >= 11 is 0. The van der Waals surface area contributed by atoms with Gasteiger partial charge in [0.25, 0.3) is 5.89 Å². The van der Waals surface area contributed by atoms with E-state index in [9.17, 15) is 15.0 Å². The summed E-state index contributed by atoms with van der Waals surface area (Å²) in [4.78, 5) is 13.0. The second-order valence-corrected chi connectivity index (χ2v) is 5.61. The van der Waals surface area contributed by atoms with Crippen LogP contribution in [0.25, 0.3) is 11.5 Å². The highest BCUT2D eigenvalue weighted by atomic mass is 16.4. The van der Waals surface area contributed by atoms with E-state index in [0.29, 0.717) is 31.0 Å². The number of benzene rings is 1. The molecule has 3 rings (SSSR count). The van der Waals surface area contributed by atoms with Crippen LogP contribution in [0.4, 0.5) is 0 Å². The van der Waals surface area contributed by atoms with Gasteiger partial charge in [0.15, 0.2) is 0 Å². The van der Waals surface area contributed by atoms with Gasteiger partial charge in [0, 0.05) is 12.6 Å². The van der Waals surface area contributed by atoms with Crippen LogP contribution in [0, 0.1) is 5.92 Å². The Morgan fingerprint density at radius 1 is 1.35 bits per heavy atom. The quantitative estimate of drug-likeness (QED) is 0.774. The van der Waals surface area contributed by atoms with Crippen molar-refractivity contribution in [3.8, 4) is 23.0 Å². The maximum absolute atomic E-state index is 11.1. The monoisotopic (exact) mass is 319 g/mol. The van der Waals surface area contributed by atoms with E-state index in [1.807, 2.05) is 4.90 Å². The molecule has 2 aromatic rings. The molecule has 1 fully saturated rings. The lowest BCUT2D eigenvalue weighted by molar-refractivity contribution is -0.143. The molecule has 1 saturated heterocycles. The van der Waals surface area contributed by atoms with Crippen LogP contribution in [0.15, 0.2) is 22.6 Å². The van der Waals surface area contributed by atoms with Crippen molar-refractivity contribution in [1.82, 2.24) is 15.1 Å². The summed E-state index contributed by atoms with van der Waals surface area (Å²) in [5.41, 5.74) is 0.337. The SMILES string of the molecule is O=C(O)C1CCCN(Cc2nnc(-c3ccc(O)cc3O)o2)C1. The Bertz CT molecular complexity index is 715. The standard InChI is InChI=1S/C15H17N3O5/c19-10-3-4-11(12(20)6-10)14-17-16-13(23-14)8-18-5-1-2-9(7-18)15(21)22/h3-4,6,9,19-20H,1-2,5,7-8H2,(H,21,22). The van der Waals surface area contributed by atoms with Gasteiger partial charge in [-0.05, 0) is 31.5 Å². The fraction of sp³-hybridized carbons (Fsp3) is 0.400. The number of phenolic OH excluding ortho intramolecular Hbond substituents is 2. The Balaban J connectivity index is 1.71. The van der Waals surface area contributed by atoms with E-state index in [-0.39, 0.29) is 23.3 Å². The molecule has 0 bridgehead atoms. The summed E-state index contributed by atoms with van der Waals surface area (Å²) in [6, 6.07) is 4.10. The molecule has 8 heteroatoms. The van der Waals surface area contributed by atoms with Crippen LogP contribution < -0.4 is 0 Å². The normalized spacial score (nSPS) is 18.9. The van der Waals surface area contributed by atoms with Crippen LogP contribution in [0.2, 0.25) is 0 Å². The fourth-order valence-corrected chi connectivity index (χ4v) is 2.72. The first-order chi connectivity index (χ1) is 11.0. The molecule has 3 N–H and O–H groups in total. The van der Waals surface area contributed by atoms with Gasteiger partial charge in [-0.15, -0.1) is 10.2 Å². The molecule has 1 aliphatic rings. The topological polar surface area (TPSA) is 120 Å². The first-order valence-electron chi connectivity index (χ1n) is 7.33. The zero-order chi connectivity index (χ0) is 16.4. The van der Waals surface area contributed by atoms with Gasteiger partial charge in [0.1, 0.15) is 11.5 Å². The number of carboxylic acid groups (broad SMARTS) is 1. The van der Waals surface area contributed by atoms with Crippen LogP contribution in [0.1, 0.15) is 18.7 Å². The molecule has 23 heavy (non-hydrogen) atoms. The third-order valence-corrected chi connectivity index (χ3v) is 3.89. The van der Waals surface area contributed by atoms with E-state index in [0.717, 1.165) is 13.0 Å². The Labute approximate surface area is 132 Å². The molecule has 8 nitrogen and oxygen atoms in total. The lowest BCUT2D eigenvalue weighted by atomic mass is 9.98. The summed E-state index contributed by atoms with van der Waals surface area (Å²) in [5, 5.41) is 36.0. The number of hydrogen-bond donors (Lipinski definition) is 3. The number of aromatic nitrogens is 2. The molecule has 2 heterocycles. The van der Waals surface area contributed by atoms with Gasteiger partial charge >= 0.3 is 5.97 Å². The minimum Gasteiger partial charge on any atom is -0.508 e. The summed E-state index contributed by atoms with van der Waals surface area (Å²) in [6.45, 7) is 1.61. The van der Waals surface area contributed by atoms with Crippen molar-refractivity contribution in [3.05, 3.63) is 24.1 Å². The maximum atomic E-state index is 11.1. The lowest BCUT2D eigenvalue weighted by Gasteiger charge is -2.29. The maximum Gasteiger partial charge on any atom is 0.307 e. The molecule has 0 amide bonds. The number of piperidine rings is 1. The third-order valence-electron chi connectivity index (χ3n) is 3.89. The Hall–Kier alpha value is -2.61. The van der Waals surface area contributed by atoms with E-state index in [1.54, 1.807) is 0 Å². The van der Waals surface area contributed by atoms with Crippen LogP contribution in [-0.4, -0.2) is 49.5 Å². The second kappa shape index (κ2) is 6.25. The van der Waals surface area contributed by atoms with E-state index < -0.39 is 5.97 Å². The number of aromatic hydroxyl groups is 2. The molecule has 0 spiro atoms. The zero-order valence-corrected chi connectivity index (χ0v) is 12.3. The van der Waals surface area contributed by atoms with Gasteiger partial charge in [-0.3, -0.25) is 9.69 Å². The van der Waals surface area contributed by atoms with E-state index in [1.165, 1.54) is 18.2 Å². The van der Waals surface area contributed by atoms with Crippen molar-refractivity contribution in [3.63, 3.8) is 0 Å². The van der Waals surface area contributed by atoms with Crippen LogP contribution in [0.3, 0.4) is 0 Å². The van der Waals surface area contributed by atoms with Crippen molar-refractivity contribution < 1.29 is 24.5 Å². The average Bonchev–Trinajstić information content (AvgIpc) is 2.95. The molecule has 1 aromatic heterocycles. The molecule has 0 radical (unpaired) electrons. The number of phenols is 2. The Morgan fingerprint density at radius 2 is 2.17 bits per heavy atom. The van der Waals surface area contributed by atoms with Crippen molar-refractivity contribution in [2.24, 2.45) is 5.92 Å². The minimum absolute atomic E-state index is 0.0565. The molecule has 1 atom stereocenters. The van der Waals surface area contributed by atoms with Gasteiger partial charge in [0.05, 0.1) is 18.0 Å². The van der Waals surface area contributed by atoms with E-state index in [2.05, 4.69) is 10.2 Å². The Kier molecular flexibility index (Phi) is 4.16. The summed E-state index contributed by atoms with van der Waals surface area (Å²) in [5.74, 6) is -0.840. The number of aliphatic carboxylic acids is 1. The van der Waals surface area contributed by atoms with Crippen molar-refractivity contribution in [2.75, 3.05) is 13.1 Å². The molecule has 122 valence electrons. The summed E-state index contributed by atoms with van der Waals surface area (Å²) in [7, 11) is 0. The van der Waals surface area contributed by atoms with E-state index in [4.69, 9.17) is 9.52 Å². The number of likely N-dealkylation sites (tertiary alicyclic amines) is 1. The molecule has 1 unspecified atom stereocenters. The highest BCUT2D eigenvalue weighted by Gasteiger charge is 2.26. The van der Waals surface area contributed by atoms with E-state index >= 15 is 0 Å². The van der Waals surface area contributed by atoms with Gasteiger partial charge in [0.2, 0.25) is 5.89 Å². The number of carboxylic acids is 1. The second-order valence-electron chi connectivity index (χ2n) is 5.61. The van der Waals surface area contributed by atoms with Gasteiger partial charge < -0.3 is 19.7 Å². The molecule has 1 aromatic carbocycles. The van der Waals surface area contributed by atoms with Crippen LogP contribution in [-0.2, 0) is 11.3 Å². The first-order valence-corrected chi connectivity index (χ1v) is 7.33. The smallest absolute Gasteiger partial charge is 0.307 e. The summed E-state index contributed by atoms with van der Waals surface area (Å²) in [6.07, 6.45) is 1.50.